The van der Waals surface area contributed by atoms with Crippen LogP contribution in [0.4, 0.5) is 0 Å². The lowest BCUT2D eigenvalue weighted by Crippen LogP contribution is -2.52. The first kappa shape index (κ1) is 33.4. The van der Waals surface area contributed by atoms with Crippen LogP contribution in [-0.2, 0) is 19.2 Å². The highest BCUT2D eigenvalue weighted by molar-refractivity contribution is 7.99. The van der Waals surface area contributed by atoms with Crippen LogP contribution in [0.5, 0.6) is 0 Å². The Morgan fingerprint density at radius 1 is 0.833 bits per heavy atom. The monoisotopic (exact) mass is 523 g/mol. The summed E-state index contributed by atoms with van der Waals surface area (Å²) in [7, 11) is 0. The van der Waals surface area contributed by atoms with Gasteiger partial charge in [-0.25, -0.2) is 4.79 Å². The molecule has 0 rings (SSSR count). The number of carbonyl (C=O) groups excluding carboxylic acids is 3. The first-order valence-corrected chi connectivity index (χ1v) is 13.7. The van der Waals surface area contributed by atoms with Gasteiger partial charge in [-0.15, -0.1) is 0 Å². The molecule has 0 heterocycles. The largest absolute Gasteiger partial charge is 0.480 e. The van der Waals surface area contributed by atoms with Crippen LogP contribution in [0, 0.1) is 0 Å². The molecule has 0 aliphatic rings. The normalized spacial score (nSPS) is 13.5. The highest BCUT2D eigenvalue weighted by atomic mass is 32.2. The number of rotatable bonds is 19. The van der Waals surface area contributed by atoms with Gasteiger partial charge >= 0.3 is 5.97 Å². The number of nitrogens with two attached hydrogens (primary N) is 1. The summed E-state index contributed by atoms with van der Waals surface area (Å²) in [5.74, 6) is -1.62. The molecular formula is C27H45N3O5S. The summed E-state index contributed by atoms with van der Waals surface area (Å²) in [4.78, 5) is 46.6. The van der Waals surface area contributed by atoms with E-state index in [0.717, 1.165) is 25.7 Å². The van der Waals surface area contributed by atoms with E-state index in [1.807, 2.05) is 0 Å². The van der Waals surface area contributed by atoms with E-state index in [9.17, 15) is 24.3 Å². The molecule has 0 aromatic rings. The van der Waals surface area contributed by atoms with Crippen molar-refractivity contribution in [1.29, 1.82) is 0 Å². The van der Waals surface area contributed by atoms with E-state index in [0.29, 0.717) is 25.0 Å². The van der Waals surface area contributed by atoms with Gasteiger partial charge in [0.15, 0.2) is 0 Å². The summed E-state index contributed by atoms with van der Waals surface area (Å²) in [5.41, 5.74) is 9.10. The Kier molecular flexibility index (Phi) is 18.2. The molecule has 0 aromatic heterocycles. The molecule has 36 heavy (non-hydrogen) atoms. The van der Waals surface area contributed by atoms with E-state index in [1.54, 1.807) is 0 Å². The summed E-state index contributed by atoms with van der Waals surface area (Å²) >= 11 is 1.43. The van der Waals surface area contributed by atoms with Crippen molar-refractivity contribution in [2.24, 2.45) is 5.73 Å². The molecule has 5 N–H and O–H groups in total. The second-order valence-corrected chi connectivity index (χ2v) is 10.4. The minimum absolute atomic E-state index is 0.196. The Balaban J connectivity index is 4.61. The number of carbonyl (C=O) groups is 4. The molecule has 0 aliphatic carbocycles. The Morgan fingerprint density at radius 3 is 2.00 bits per heavy atom. The van der Waals surface area contributed by atoms with Crippen LogP contribution in [0.15, 0.2) is 34.9 Å². The maximum Gasteiger partial charge on any atom is 0.327 e. The predicted molar refractivity (Wildman–Crippen MR) is 148 cm³/mol. The molecule has 0 aliphatic heterocycles. The number of carboxylic acid groups (broad SMARTS) is 1. The summed E-state index contributed by atoms with van der Waals surface area (Å²) in [5, 5.41) is 14.6. The third-order valence-electron chi connectivity index (χ3n) is 5.43. The second-order valence-electron chi connectivity index (χ2n) is 9.36. The van der Waals surface area contributed by atoms with Crippen LogP contribution >= 0.6 is 11.8 Å². The maximum absolute atomic E-state index is 12.6. The van der Waals surface area contributed by atoms with E-state index in [4.69, 9.17) is 5.73 Å². The number of unbranched alkanes of at least 4 members (excludes halogenated alkanes) is 1. The number of primary amides is 1. The second kappa shape index (κ2) is 19.6. The van der Waals surface area contributed by atoms with Crippen LogP contribution in [0.2, 0.25) is 0 Å². The molecular weight excluding hydrogens is 478 g/mol. The number of nitrogens with one attached hydrogen (secondary N) is 2. The fourth-order valence-corrected chi connectivity index (χ4v) is 4.33. The molecule has 0 saturated carbocycles. The molecule has 1 unspecified atom stereocenters. The molecule has 0 fully saturated rings. The Morgan fingerprint density at radius 2 is 1.44 bits per heavy atom. The van der Waals surface area contributed by atoms with E-state index in [2.05, 4.69) is 56.6 Å². The minimum Gasteiger partial charge on any atom is -0.480 e. The van der Waals surface area contributed by atoms with Gasteiger partial charge in [-0.2, -0.15) is 11.8 Å². The first-order chi connectivity index (χ1) is 16.9. The van der Waals surface area contributed by atoms with Gasteiger partial charge < -0.3 is 21.5 Å². The van der Waals surface area contributed by atoms with E-state index in [-0.39, 0.29) is 18.1 Å². The van der Waals surface area contributed by atoms with Crippen molar-refractivity contribution in [2.75, 3.05) is 11.5 Å². The van der Waals surface area contributed by atoms with Gasteiger partial charge in [0.1, 0.15) is 12.1 Å². The van der Waals surface area contributed by atoms with Crippen molar-refractivity contribution >= 4 is 35.5 Å². The zero-order chi connectivity index (χ0) is 27.5. The molecule has 0 radical (unpaired) electrons. The van der Waals surface area contributed by atoms with Crippen molar-refractivity contribution in [3.8, 4) is 0 Å². The summed E-state index contributed by atoms with van der Waals surface area (Å²) in [6.07, 6.45) is 12.2. The summed E-state index contributed by atoms with van der Waals surface area (Å²) in [6.45, 7) is 9.74. The van der Waals surface area contributed by atoms with Crippen molar-refractivity contribution in [2.45, 2.75) is 98.1 Å². The molecule has 0 aromatic carbocycles. The number of carboxylic acids is 1. The average Bonchev–Trinajstić information content (AvgIpc) is 2.76. The smallest absolute Gasteiger partial charge is 0.327 e. The third-order valence-corrected chi connectivity index (χ3v) is 6.40. The fraction of sp³-hybridized carbons (Fsp3) is 0.630. The lowest BCUT2D eigenvalue weighted by molar-refractivity contribution is -0.141. The quantitative estimate of drug-likeness (QED) is 0.147. The molecule has 0 saturated heterocycles. The van der Waals surface area contributed by atoms with E-state index < -0.39 is 29.9 Å². The summed E-state index contributed by atoms with van der Waals surface area (Å²) < 4.78 is 0. The molecule has 0 spiro atoms. The zero-order valence-electron chi connectivity index (χ0n) is 22.5. The Bertz CT molecular complexity index is 816. The lowest BCUT2D eigenvalue weighted by Gasteiger charge is -2.20. The number of allylic oxidation sites excluding steroid dienone is 5. The van der Waals surface area contributed by atoms with Crippen molar-refractivity contribution in [3.63, 3.8) is 0 Å². The molecule has 204 valence electrons. The van der Waals surface area contributed by atoms with Crippen LogP contribution in [0.1, 0.15) is 86.0 Å². The molecule has 9 heteroatoms. The fourth-order valence-electron chi connectivity index (χ4n) is 3.33. The number of thioether (sulfide) groups is 1. The molecule has 3 amide bonds. The van der Waals surface area contributed by atoms with Gasteiger partial charge in [-0.1, -0.05) is 41.4 Å². The van der Waals surface area contributed by atoms with Gasteiger partial charge in [0.05, 0.1) is 0 Å². The van der Waals surface area contributed by atoms with Crippen LogP contribution < -0.4 is 16.4 Å². The van der Waals surface area contributed by atoms with E-state index in [1.165, 1.54) is 35.4 Å². The highest BCUT2D eigenvalue weighted by Crippen LogP contribution is 2.13. The number of hydrogen-bond acceptors (Lipinski definition) is 5. The first-order valence-electron chi connectivity index (χ1n) is 12.5. The molecule has 8 nitrogen and oxygen atoms in total. The summed E-state index contributed by atoms with van der Waals surface area (Å²) in [6, 6.07) is -1.92. The van der Waals surface area contributed by atoms with Crippen molar-refractivity contribution in [1.82, 2.24) is 10.6 Å². The van der Waals surface area contributed by atoms with Gasteiger partial charge in [0.25, 0.3) is 0 Å². The van der Waals surface area contributed by atoms with E-state index >= 15 is 0 Å². The number of aliphatic carboxylic acids is 1. The lowest BCUT2D eigenvalue weighted by atomic mass is 10.1. The number of amides is 3. The van der Waals surface area contributed by atoms with Gasteiger partial charge in [0, 0.05) is 24.9 Å². The maximum atomic E-state index is 12.6. The van der Waals surface area contributed by atoms with Gasteiger partial charge in [0.2, 0.25) is 17.7 Å². The van der Waals surface area contributed by atoms with Crippen LogP contribution in [0.3, 0.4) is 0 Å². The zero-order valence-corrected chi connectivity index (χ0v) is 23.3. The highest BCUT2D eigenvalue weighted by Gasteiger charge is 2.25. The molecule has 0 bridgehead atoms. The standard InChI is InChI=1S/C27H45N3O5S/c1-19(2)10-8-11-20(3)12-9-13-21(4)16-17-36-18-24(27(34)35)30-26(33)23(29-22(5)31)14-6-7-15-25(28)32/h10,12,16,23-24H,6-9,11,13-15,17-18H2,1-5H3,(H2,28,32)(H,29,31)(H,30,33)(H,34,35)/b20-12+,21-16+/t23?,24-/m0/s1. The van der Waals surface area contributed by atoms with Crippen molar-refractivity contribution in [3.05, 3.63) is 34.9 Å². The van der Waals surface area contributed by atoms with Crippen LogP contribution in [0.25, 0.3) is 0 Å². The predicted octanol–water partition coefficient (Wildman–Crippen LogP) is 4.26. The Hall–Kier alpha value is -2.55. The SMILES string of the molecule is CC(=O)NC(CCCCC(N)=O)C(=O)N[C@@H](CSC/C=C(\C)CC/C=C(\C)CCC=C(C)C)C(=O)O. The van der Waals surface area contributed by atoms with Gasteiger partial charge in [-0.05, 0) is 66.2 Å². The molecule has 2 atom stereocenters. The van der Waals surface area contributed by atoms with Crippen LogP contribution in [-0.4, -0.2) is 52.4 Å². The van der Waals surface area contributed by atoms with Gasteiger partial charge in [-0.3, -0.25) is 14.4 Å². The average molecular weight is 524 g/mol. The topological polar surface area (TPSA) is 139 Å². The van der Waals surface area contributed by atoms with Crippen molar-refractivity contribution < 1.29 is 24.3 Å². The number of hydrogen-bond donors (Lipinski definition) is 4. The minimum atomic E-state index is -1.12. The third kappa shape index (κ3) is 18.7. The Labute approximate surface area is 220 Å².